The number of carbonyl (C=O) groups excluding carboxylic acids is 2. The fraction of sp³-hybridized carbons (Fsp3) is 0. The minimum Gasteiger partial charge on any atom is -0.543 e. The van der Waals surface area contributed by atoms with Gasteiger partial charge in [0.15, 0.2) is 0 Å². The van der Waals surface area contributed by atoms with Gasteiger partial charge in [0.05, 0.1) is 11.9 Å². The number of carboxylic acids is 2. The minimum absolute atomic E-state index is 0. The van der Waals surface area contributed by atoms with E-state index in [-0.39, 0.29) is 28.5 Å². The molecule has 0 aromatic rings. The van der Waals surface area contributed by atoms with Crippen molar-refractivity contribution in [2.45, 2.75) is 0 Å². The van der Waals surface area contributed by atoms with Gasteiger partial charge in [-0.15, -0.1) is 0 Å². The maximum Gasteiger partial charge on any atom is 5.00 e. The summed E-state index contributed by atoms with van der Waals surface area (Å²) in [7, 11) is 0. The Balaban J connectivity index is -0.000000125. The van der Waals surface area contributed by atoms with E-state index in [2.05, 4.69) is 0 Å². The molecule has 0 aromatic heterocycles. The first-order valence-electron chi connectivity index (χ1n) is 1.07. The number of hydrogen-bond acceptors (Lipinski definition) is 5. The first kappa shape index (κ1) is 15.6. The van der Waals surface area contributed by atoms with Crippen molar-refractivity contribution in [2.24, 2.45) is 0 Å². The maximum absolute atomic E-state index is 8.93. The van der Waals surface area contributed by atoms with E-state index in [1.165, 1.54) is 0 Å². The maximum atomic E-state index is 8.93. The molecule has 0 unspecified atom stereocenters. The average Bonchev–Trinajstić information content (AvgIpc) is 1.36. The molecule has 0 heterocycles. The molecule has 0 bridgehead atoms. The Morgan fingerprint density at radius 1 is 1.00 bits per heavy atom. The van der Waals surface area contributed by atoms with Crippen molar-refractivity contribution in [2.75, 3.05) is 0 Å². The van der Waals surface area contributed by atoms with Crippen LogP contribution in [0.4, 0.5) is 0 Å². The summed E-state index contributed by atoms with van der Waals surface area (Å²) in [6.45, 7) is 0. The smallest absolute Gasteiger partial charge is 0.543 e. The first-order valence-corrected chi connectivity index (χ1v) is 1.07. The van der Waals surface area contributed by atoms with E-state index in [1.54, 1.807) is 0 Å². The van der Waals surface area contributed by atoms with E-state index in [0.29, 0.717) is 0 Å². The normalized spacial score (nSPS) is 5.50. The molecule has 0 aliphatic heterocycles. The molecule has 0 rings (SSSR count). The molecule has 0 saturated carbocycles. The molecule has 0 fully saturated rings. The van der Waals surface area contributed by atoms with Crippen LogP contribution in [0.3, 0.4) is 0 Å². The Morgan fingerprint density at radius 3 is 1.12 bits per heavy atom. The fourth-order valence-corrected chi connectivity index (χ4v) is 0. The monoisotopic (exact) mass is 198 g/mol. The third-order valence-electron chi connectivity index (χ3n) is 0.167. The third-order valence-corrected chi connectivity index (χ3v) is 0.167. The van der Waals surface area contributed by atoms with Crippen LogP contribution in [-0.2, 0) is 32.0 Å². The van der Waals surface area contributed by atoms with Gasteiger partial charge in [-0.05, 0) is 0 Å². The molecule has 0 spiro atoms. The topological polar surface area (TPSA) is 115 Å². The zero-order valence-corrected chi connectivity index (χ0v) is 5.99. The quantitative estimate of drug-likeness (QED) is 0.322. The van der Waals surface area contributed by atoms with Gasteiger partial charge in [-0.2, -0.15) is 0 Å². The minimum atomic E-state index is -2.19. The molecule has 5 nitrogen and oxygen atoms in total. The Kier molecular flexibility index (Phi) is 13.0. The van der Waals surface area contributed by atoms with Gasteiger partial charge in [-0.25, -0.2) is 0 Å². The van der Waals surface area contributed by atoms with Crippen molar-refractivity contribution in [3.05, 3.63) is 0 Å². The summed E-state index contributed by atoms with van der Waals surface area (Å²) in [4.78, 5) is 17.9. The number of hydrogen-bond donors (Lipinski definition) is 1. The zero-order valence-electron chi connectivity index (χ0n) is 3.79. The number of carbonyl (C=O) groups is 2. The molecule has 0 aliphatic carbocycles. The van der Waals surface area contributed by atoms with Crippen molar-refractivity contribution in [1.29, 1.82) is 0 Å². The van der Waals surface area contributed by atoms with Gasteiger partial charge < -0.3 is 26.0 Å². The summed E-state index contributed by atoms with van der Waals surface area (Å²) in [6, 6.07) is 0. The number of rotatable bonds is 0. The van der Waals surface area contributed by atoms with Gasteiger partial charge in [0, 0.05) is 0 Å². The fourth-order valence-electron chi connectivity index (χ4n) is 0. The van der Waals surface area contributed by atoms with Crippen LogP contribution in [0, 0.1) is 0 Å². The second-order valence-corrected chi connectivity index (χ2v) is 0.575. The van der Waals surface area contributed by atoms with Crippen LogP contribution < -0.4 is 16.4 Å². The van der Waals surface area contributed by atoms with Gasteiger partial charge in [0.1, 0.15) is 0 Å². The number of carboxylic acid groups (broad SMARTS) is 2. The third kappa shape index (κ3) is 9.16. The predicted octanol–water partition coefficient (Wildman–Crippen LogP) is -3.35. The van der Waals surface area contributed by atoms with E-state index in [9.17, 15) is 0 Å². The molecular weight excluding hydrogens is 195 g/mol. The van der Waals surface area contributed by atoms with Crippen molar-refractivity contribution in [1.82, 2.24) is 6.15 Å². The average molecular weight is 198 g/mol. The summed E-state index contributed by atoms with van der Waals surface area (Å²) in [5, 5.41) is 17.9. The van der Waals surface area contributed by atoms with Crippen molar-refractivity contribution in [3.8, 4) is 0 Å². The van der Waals surface area contributed by atoms with Gasteiger partial charge in [0.25, 0.3) is 0 Å². The number of aliphatic carboxylic acids is 2. The molecular formula is C2H3NNbO4+3. The van der Waals surface area contributed by atoms with Crippen LogP contribution >= 0.6 is 0 Å². The van der Waals surface area contributed by atoms with Crippen LogP contribution in [0.25, 0.3) is 0 Å². The molecule has 42 valence electrons. The Bertz CT molecular complexity index is 80.0. The van der Waals surface area contributed by atoms with E-state index in [1.807, 2.05) is 0 Å². The van der Waals surface area contributed by atoms with Gasteiger partial charge in [-0.3, -0.25) is 0 Å². The van der Waals surface area contributed by atoms with Gasteiger partial charge in [0.2, 0.25) is 0 Å². The van der Waals surface area contributed by atoms with E-state index >= 15 is 0 Å². The zero-order chi connectivity index (χ0) is 5.15. The largest absolute Gasteiger partial charge is 5.00 e. The molecule has 0 aliphatic rings. The van der Waals surface area contributed by atoms with Crippen molar-refractivity contribution >= 4 is 11.9 Å². The molecule has 8 heavy (non-hydrogen) atoms. The van der Waals surface area contributed by atoms with Crippen LogP contribution in [0.1, 0.15) is 0 Å². The SMILES string of the molecule is N.O=C([O-])C(=O)[O-].[Nb+5]. The van der Waals surface area contributed by atoms with Crippen LogP contribution in [0.15, 0.2) is 0 Å². The molecule has 0 aromatic carbocycles. The first-order chi connectivity index (χ1) is 2.64. The van der Waals surface area contributed by atoms with Crippen molar-refractivity contribution in [3.63, 3.8) is 0 Å². The van der Waals surface area contributed by atoms with E-state index < -0.39 is 11.9 Å². The molecule has 0 radical (unpaired) electrons. The van der Waals surface area contributed by atoms with Gasteiger partial charge >= 0.3 is 22.4 Å². The summed E-state index contributed by atoms with van der Waals surface area (Å²) in [5.41, 5.74) is 0. The molecule has 6 heteroatoms. The van der Waals surface area contributed by atoms with E-state index in [0.717, 1.165) is 0 Å². The summed E-state index contributed by atoms with van der Waals surface area (Å²) in [5.74, 6) is -4.37. The molecule has 3 N–H and O–H groups in total. The van der Waals surface area contributed by atoms with Gasteiger partial charge in [-0.1, -0.05) is 0 Å². The second-order valence-electron chi connectivity index (χ2n) is 0.575. The predicted molar refractivity (Wildman–Crippen MR) is 15.0 cm³/mol. The Hall–Kier alpha value is -0.360. The summed E-state index contributed by atoms with van der Waals surface area (Å²) >= 11 is 0. The Morgan fingerprint density at radius 2 is 1.12 bits per heavy atom. The van der Waals surface area contributed by atoms with E-state index in [4.69, 9.17) is 19.8 Å². The second kappa shape index (κ2) is 6.64. The summed E-state index contributed by atoms with van der Waals surface area (Å²) in [6.07, 6.45) is 0. The van der Waals surface area contributed by atoms with Crippen molar-refractivity contribution < 1.29 is 42.2 Å². The summed E-state index contributed by atoms with van der Waals surface area (Å²) < 4.78 is 0. The Labute approximate surface area is 60.8 Å². The van der Waals surface area contributed by atoms with Crippen LogP contribution in [0.5, 0.6) is 0 Å². The molecule has 0 atom stereocenters. The van der Waals surface area contributed by atoms with Crippen LogP contribution in [0.2, 0.25) is 0 Å². The van der Waals surface area contributed by atoms with Crippen LogP contribution in [-0.4, -0.2) is 11.9 Å². The molecule has 0 saturated heterocycles. The molecule has 0 amide bonds. The standard InChI is InChI=1S/C2H2O4.H3N.Nb/c3-1(4)2(5)6;;/h(H,3,4)(H,5,6);1H3;/q;;+5/p-2.